The van der Waals surface area contributed by atoms with Crippen molar-refractivity contribution in [2.75, 3.05) is 23.3 Å². The lowest BCUT2D eigenvalue weighted by Crippen LogP contribution is -2.19. The van der Waals surface area contributed by atoms with Crippen molar-refractivity contribution in [2.45, 2.75) is 26.3 Å². The second-order valence-electron chi connectivity index (χ2n) is 5.51. The van der Waals surface area contributed by atoms with Gasteiger partial charge >= 0.3 is 0 Å². The average molecular weight is 346 g/mol. The minimum Gasteiger partial charge on any atom is -0.380 e. The molecule has 1 aliphatic rings. The molecule has 1 N–H and O–H groups in total. The Balaban J connectivity index is 1.74. The molecule has 110 valence electrons. The van der Waals surface area contributed by atoms with Crippen molar-refractivity contribution in [1.29, 1.82) is 0 Å². The molecule has 1 aliphatic heterocycles. The summed E-state index contributed by atoms with van der Waals surface area (Å²) in [5.41, 5.74) is 4.92. The summed E-state index contributed by atoms with van der Waals surface area (Å²) in [6, 6.07) is 10.8. The fourth-order valence-corrected chi connectivity index (χ4v) is 3.00. The molecule has 0 saturated carbocycles. The third kappa shape index (κ3) is 3.38. The van der Waals surface area contributed by atoms with Gasteiger partial charge in [-0.05, 0) is 59.0 Å². The van der Waals surface area contributed by atoms with E-state index < -0.39 is 0 Å². The summed E-state index contributed by atoms with van der Waals surface area (Å²) in [7, 11) is 0. The number of nitrogens with one attached hydrogen (secondary N) is 1. The monoisotopic (exact) mass is 345 g/mol. The molecule has 3 rings (SSSR count). The Morgan fingerprint density at radius 3 is 2.76 bits per heavy atom. The molecule has 0 bridgehead atoms. The lowest BCUT2D eigenvalue weighted by atomic mass is 10.1. The maximum atomic E-state index is 4.33. The molecule has 3 nitrogen and oxygen atoms in total. The molecule has 2 heterocycles. The van der Waals surface area contributed by atoms with Crippen molar-refractivity contribution in [3.8, 4) is 0 Å². The smallest absolute Gasteiger partial charge is 0.109 e. The highest BCUT2D eigenvalue weighted by Gasteiger charge is 2.15. The fourth-order valence-electron chi connectivity index (χ4n) is 2.78. The van der Waals surface area contributed by atoms with Gasteiger partial charge < -0.3 is 10.2 Å². The highest BCUT2D eigenvalue weighted by atomic mass is 79.9. The van der Waals surface area contributed by atoms with E-state index in [1.807, 2.05) is 6.20 Å². The number of benzene rings is 1. The van der Waals surface area contributed by atoms with Gasteiger partial charge in [0.1, 0.15) is 4.60 Å². The van der Waals surface area contributed by atoms with Gasteiger partial charge in [-0.3, -0.25) is 0 Å². The van der Waals surface area contributed by atoms with E-state index >= 15 is 0 Å². The van der Waals surface area contributed by atoms with E-state index in [-0.39, 0.29) is 0 Å². The Kier molecular flexibility index (Phi) is 4.44. The molecule has 1 aromatic heterocycles. The first kappa shape index (κ1) is 14.4. The Bertz CT molecular complexity index is 621. The second-order valence-corrected chi connectivity index (χ2v) is 6.26. The molecule has 1 fully saturated rings. The van der Waals surface area contributed by atoms with Crippen LogP contribution in [0.3, 0.4) is 0 Å². The van der Waals surface area contributed by atoms with Crippen molar-refractivity contribution in [3.63, 3.8) is 0 Å². The Morgan fingerprint density at radius 2 is 2.00 bits per heavy atom. The number of para-hydroxylation sites is 1. The van der Waals surface area contributed by atoms with Crippen LogP contribution in [0.25, 0.3) is 0 Å². The zero-order valence-corrected chi connectivity index (χ0v) is 13.9. The number of aryl methyl sites for hydroxylation is 1. The minimum atomic E-state index is 0.829. The van der Waals surface area contributed by atoms with Crippen molar-refractivity contribution in [3.05, 3.63) is 52.3 Å². The Hall–Kier alpha value is -1.55. The first-order chi connectivity index (χ1) is 10.2. The van der Waals surface area contributed by atoms with E-state index in [9.17, 15) is 0 Å². The molecular weight excluding hydrogens is 326 g/mol. The third-order valence-electron chi connectivity index (χ3n) is 3.94. The van der Waals surface area contributed by atoms with E-state index in [4.69, 9.17) is 0 Å². The van der Waals surface area contributed by atoms with Gasteiger partial charge in [0, 0.05) is 25.3 Å². The van der Waals surface area contributed by atoms with Crippen LogP contribution < -0.4 is 10.2 Å². The number of halogens is 1. The first-order valence-electron chi connectivity index (χ1n) is 7.43. The first-order valence-corrected chi connectivity index (χ1v) is 8.22. The number of hydrogen-bond donors (Lipinski definition) is 1. The van der Waals surface area contributed by atoms with Crippen molar-refractivity contribution in [1.82, 2.24) is 4.98 Å². The van der Waals surface area contributed by atoms with E-state index in [1.165, 1.54) is 37.2 Å². The SMILES string of the molecule is Cc1cc(NCc2ccccc2N2CCCC2)cnc1Br. The van der Waals surface area contributed by atoms with Crippen LogP contribution in [-0.2, 0) is 6.54 Å². The molecule has 0 unspecified atom stereocenters. The van der Waals surface area contributed by atoms with Crippen LogP contribution in [0.1, 0.15) is 24.0 Å². The van der Waals surface area contributed by atoms with Gasteiger partial charge in [0.05, 0.1) is 11.9 Å². The van der Waals surface area contributed by atoms with Crippen LogP contribution in [-0.4, -0.2) is 18.1 Å². The highest BCUT2D eigenvalue weighted by Crippen LogP contribution is 2.25. The van der Waals surface area contributed by atoms with Crippen LogP contribution in [0.2, 0.25) is 0 Å². The molecule has 0 atom stereocenters. The van der Waals surface area contributed by atoms with Gasteiger partial charge in [0.25, 0.3) is 0 Å². The van der Waals surface area contributed by atoms with E-state index in [2.05, 4.69) is 68.4 Å². The van der Waals surface area contributed by atoms with Gasteiger partial charge in [-0.25, -0.2) is 4.98 Å². The minimum absolute atomic E-state index is 0.829. The molecular formula is C17H20BrN3. The van der Waals surface area contributed by atoms with E-state index in [0.717, 1.165) is 22.4 Å². The molecule has 1 saturated heterocycles. The van der Waals surface area contributed by atoms with E-state index in [1.54, 1.807) is 0 Å². The molecule has 1 aromatic carbocycles. The summed E-state index contributed by atoms with van der Waals surface area (Å²) in [6.07, 6.45) is 4.48. The molecule has 0 radical (unpaired) electrons. The molecule has 0 amide bonds. The molecule has 2 aromatic rings. The predicted molar refractivity (Wildman–Crippen MR) is 91.9 cm³/mol. The Labute approximate surface area is 134 Å². The zero-order valence-electron chi connectivity index (χ0n) is 12.3. The number of anilines is 2. The van der Waals surface area contributed by atoms with Crippen molar-refractivity contribution < 1.29 is 0 Å². The highest BCUT2D eigenvalue weighted by molar-refractivity contribution is 9.10. The number of pyridine rings is 1. The topological polar surface area (TPSA) is 28.2 Å². The lowest BCUT2D eigenvalue weighted by molar-refractivity contribution is 0.949. The summed E-state index contributed by atoms with van der Waals surface area (Å²) in [4.78, 5) is 6.82. The molecule has 0 spiro atoms. The largest absolute Gasteiger partial charge is 0.380 e. The normalized spacial score (nSPS) is 14.5. The molecule has 0 aliphatic carbocycles. The molecule has 4 heteroatoms. The number of nitrogens with zero attached hydrogens (tertiary/aromatic N) is 2. The third-order valence-corrected chi connectivity index (χ3v) is 4.77. The van der Waals surface area contributed by atoms with Gasteiger partial charge in [0.15, 0.2) is 0 Å². The van der Waals surface area contributed by atoms with Crippen LogP contribution in [0, 0.1) is 6.92 Å². The molecule has 21 heavy (non-hydrogen) atoms. The van der Waals surface area contributed by atoms with Crippen molar-refractivity contribution >= 4 is 27.3 Å². The van der Waals surface area contributed by atoms with Gasteiger partial charge in [-0.1, -0.05) is 18.2 Å². The second kappa shape index (κ2) is 6.48. The number of rotatable bonds is 4. The quantitative estimate of drug-likeness (QED) is 0.834. The van der Waals surface area contributed by atoms with Gasteiger partial charge in [0.2, 0.25) is 0 Å². The zero-order chi connectivity index (χ0) is 14.7. The van der Waals surface area contributed by atoms with Gasteiger partial charge in [-0.2, -0.15) is 0 Å². The summed E-state index contributed by atoms with van der Waals surface area (Å²) < 4.78 is 0.908. The van der Waals surface area contributed by atoms with E-state index in [0.29, 0.717) is 0 Å². The summed E-state index contributed by atoms with van der Waals surface area (Å²) in [5, 5.41) is 3.48. The summed E-state index contributed by atoms with van der Waals surface area (Å²) >= 11 is 3.44. The maximum Gasteiger partial charge on any atom is 0.109 e. The van der Waals surface area contributed by atoms with Crippen LogP contribution in [0.5, 0.6) is 0 Å². The van der Waals surface area contributed by atoms with Crippen LogP contribution in [0.4, 0.5) is 11.4 Å². The number of hydrogen-bond acceptors (Lipinski definition) is 3. The number of aromatic nitrogens is 1. The maximum absolute atomic E-state index is 4.33. The predicted octanol–water partition coefficient (Wildman–Crippen LogP) is 4.36. The fraction of sp³-hybridized carbons (Fsp3) is 0.353. The van der Waals surface area contributed by atoms with Crippen LogP contribution in [0.15, 0.2) is 41.1 Å². The summed E-state index contributed by atoms with van der Waals surface area (Å²) in [6.45, 7) is 5.24. The summed E-state index contributed by atoms with van der Waals surface area (Å²) in [5.74, 6) is 0. The van der Waals surface area contributed by atoms with Crippen LogP contribution >= 0.6 is 15.9 Å². The Morgan fingerprint density at radius 1 is 1.24 bits per heavy atom. The van der Waals surface area contributed by atoms with Crippen molar-refractivity contribution in [2.24, 2.45) is 0 Å². The van der Waals surface area contributed by atoms with Gasteiger partial charge in [-0.15, -0.1) is 0 Å². The standard InChI is InChI=1S/C17H20BrN3/c1-13-10-15(12-20-17(13)18)19-11-14-6-2-3-7-16(14)21-8-4-5-9-21/h2-3,6-7,10,12,19H,4-5,8-9,11H2,1H3. The lowest BCUT2D eigenvalue weighted by Gasteiger charge is -2.21. The average Bonchev–Trinajstić information content (AvgIpc) is 3.03.